The molecule has 0 bridgehead atoms. The van der Waals surface area contributed by atoms with Gasteiger partial charge in [0.1, 0.15) is 23.4 Å². The van der Waals surface area contributed by atoms with Crippen LogP contribution >= 0.6 is 11.6 Å². The normalized spacial score (nSPS) is 16.0. The van der Waals surface area contributed by atoms with Crippen LogP contribution in [0.25, 0.3) is 0 Å². The fraction of sp³-hybridized carbons (Fsp3) is 0.292. The number of anilines is 2. The Kier molecular flexibility index (Phi) is 7.20. The molecule has 1 aliphatic rings. The second-order valence-electron chi connectivity index (χ2n) is 8.25. The van der Waals surface area contributed by atoms with Crippen LogP contribution in [0.4, 0.5) is 20.7 Å². The Hall–Kier alpha value is -3.99. The number of cyclic esters (lactones) is 1. The summed E-state index contributed by atoms with van der Waals surface area (Å²) in [5.41, 5.74) is 1.73. The molecule has 0 spiro atoms. The molecule has 0 aliphatic carbocycles. The minimum Gasteiger partial charge on any atom is -0.481 e. The molecule has 3 aromatic heterocycles. The molecular weight excluding hydrogens is 493 g/mol. The van der Waals surface area contributed by atoms with E-state index in [1.54, 1.807) is 13.0 Å². The molecule has 1 aliphatic heterocycles. The van der Waals surface area contributed by atoms with Crippen LogP contribution in [0.3, 0.4) is 0 Å². The summed E-state index contributed by atoms with van der Waals surface area (Å²) >= 11 is 5.84. The van der Waals surface area contributed by atoms with Crippen LogP contribution in [0.1, 0.15) is 40.3 Å². The third-order valence-electron chi connectivity index (χ3n) is 5.64. The lowest BCUT2D eigenvalue weighted by atomic mass is 10.1. The van der Waals surface area contributed by atoms with E-state index in [0.29, 0.717) is 17.1 Å². The Morgan fingerprint density at radius 2 is 2.14 bits per heavy atom. The summed E-state index contributed by atoms with van der Waals surface area (Å²) < 4.78 is 24.8. The van der Waals surface area contributed by atoms with Gasteiger partial charge in [0.2, 0.25) is 5.88 Å². The number of methoxy groups -OCH3 is 1. The number of aryl methyl sites for hydroxylation is 1. The van der Waals surface area contributed by atoms with Crippen molar-refractivity contribution in [1.82, 2.24) is 15.0 Å². The largest absolute Gasteiger partial charge is 0.481 e. The first-order chi connectivity index (χ1) is 17.2. The number of carbonyl (C=O) groups is 2. The van der Waals surface area contributed by atoms with Crippen molar-refractivity contribution in [3.63, 3.8) is 0 Å². The van der Waals surface area contributed by atoms with Gasteiger partial charge in [-0.15, -0.1) is 0 Å². The van der Waals surface area contributed by atoms with Crippen LogP contribution in [-0.4, -0.2) is 51.9 Å². The second-order valence-corrected chi connectivity index (χ2v) is 8.64. The van der Waals surface area contributed by atoms with Crippen LogP contribution in [0.2, 0.25) is 5.15 Å². The predicted octanol–water partition coefficient (Wildman–Crippen LogP) is 4.42. The molecule has 2 N–H and O–H groups in total. The molecule has 2 atom stereocenters. The van der Waals surface area contributed by atoms with Crippen molar-refractivity contribution in [2.45, 2.75) is 32.4 Å². The fourth-order valence-electron chi connectivity index (χ4n) is 3.91. The highest BCUT2D eigenvalue weighted by atomic mass is 35.5. The zero-order valence-electron chi connectivity index (χ0n) is 19.7. The summed E-state index contributed by atoms with van der Waals surface area (Å²) in [6.45, 7) is 3.70. The number of aromatic carboxylic acids is 1. The molecule has 0 aromatic carbocycles. The Bertz CT molecular complexity index is 1320. The molecule has 0 saturated carbocycles. The first-order valence-electron chi connectivity index (χ1n) is 11.0. The van der Waals surface area contributed by atoms with Crippen LogP contribution in [0, 0.1) is 12.7 Å². The molecule has 4 heterocycles. The van der Waals surface area contributed by atoms with Crippen LogP contribution < -0.4 is 15.0 Å². The first-order valence-corrected chi connectivity index (χ1v) is 11.3. The molecule has 3 aromatic rings. The summed E-state index contributed by atoms with van der Waals surface area (Å²) in [6, 6.07) is 7.07. The molecule has 4 rings (SSSR count). The third-order valence-corrected chi connectivity index (χ3v) is 5.85. The first kappa shape index (κ1) is 25.1. The minimum atomic E-state index is -1.23. The maximum absolute atomic E-state index is 14.4. The van der Waals surface area contributed by atoms with E-state index in [1.807, 2.05) is 13.0 Å². The molecule has 10 nitrogen and oxygen atoms in total. The van der Waals surface area contributed by atoms with E-state index in [2.05, 4.69) is 20.3 Å². The highest BCUT2D eigenvalue weighted by Crippen LogP contribution is 2.29. The number of carboxylic acids is 1. The average molecular weight is 516 g/mol. The van der Waals surface area contributed by atoms with Crippen molar-refractivity contribution in [2.75, 3.05) is 23.9 Å². The summed E-state index contributed by atoms with van der Waals surface area (Å²) in [5.74, 6) is -1.15. The quantitative estimate of drug-likeness (QED) is 0.419. The van der Waals surface area contributed by atoms with Crippen molar-refractivity contribution in [3.8, 4) is 5.88 Å². The Morgan fingerprint density at radius 1 is 1.36 bits per heavy atom. The number of halogens is 2. The van der Waals surface area contributed by atoms with Crippen molar-refractivity contribution >= 4 is 35.2 Å². The van der Waals surface area contributed by atoms with Gasteiger partial charge in [0.25, 0.3) is 0 Å². The fourth-order valence-corrected chi connectivity index (χ4v) is 4.06. The van der Waals surface area contributed by atoms with E-state index in [0.717, 1.165) is 11.8 Å². The number of carbonyl (C=O) groups excluding carboxylic acids is 1. The summed E-state index contributed by atoms with van der Waals surface area (Å²) in [6.07, 6.45) is 0.637. The standard InChI is InChI=1S/C24H23ClFN5O5/c1-12-6-18(13(2)28-17-4-5-19(25)30-22(17)23(32)33)29-20(7-12)31-15(11-36-24(31)34)8-14-9-21(35-3)27-10-16(14)26/h4-7,9-10,13,15,28H,8,11H2,1-3H3,(H,32,33)/t13-,15+/m1/s1. The van der Waals surface area contributed by atoms with Gasteiger partial charge in [0, 0.05) is 6.07 Å². The smallest absolute Gasteiger partial charge is 0.415 e. The average Bonchev–Trinajstić information content (AvgIpc) is 3.20. The number of carboxylic acid groups (broad SMARTS) is 1. The number of nitrogens with zero attached hydrogens (tertiary/aromatic N) is 4. The van der Waals surface area contributed by atoms with E-state index < -0.39 is 30.0 Å². The highest BCUT2D eigenvalue weighted by molar-refractivity contribution is 6.29. The van der Waals surface area contributed by atoms with Gasteiger partial charge in [-0.25, -0.2) is 28.9 Å². The SMILES string of the molecule is COc1cc(C[C@H]2COC(=O)N2c2cc(C)cc([C@@H](C)Nc3ccc(Cl)nc3C(=O)O)n2)c(F)cn1. The van der Waals surface area contributed by atoms with Crippen LogP contribution in [-0.2, 0) is 11.2 Å². The number of ether oxygens (including phenoxy) is 2. The lowest BCUT2D eigenvalue weighted by Gasteiger charge is -2.23. The van der Waals surface area contributed by atoms with E-state index in [-0.39, 0.29) is 35.4 Å². The van der Waals surface area contributed by atoms with Gasteiger partial charge in [-0.1, -0.05) is 11.6 Å². The minimum absolute atomic E-state index is 0.0556. The van der Waals surface area contributed by atoms with E-state index in [4.69, 9.17) is 21.1 Å². The van der Waals surface area contributed by atoms with E-state index in [9.17, 15) is 19.1 Å². The van der Waals surface area contributed by atoms with Crippen molar-refractivity contribution in [1.29, 1.82) is 0 Å². The highest BCUT2D eigenvalue weighted by Gasteiger charge is 2.36. The Morgan fingerprint density at radius 3 is 2.86 bits per heavy atom. The molecule has 36 heavy (non-hydrogen) atoms. The van der Waals surface area contributed by atoms with E-state index in [1.165, 1.54) is 30.2 Å². The Labute approximate surface area is 211 Å². The lowest BCUT2D eigenvalue weighted by molar-refractivity contribution is 0.0691. The summed E-state index contributed by atoms with van der Waals surface area (Å²) in [5, 5.41) is 12.6. The topological polar surface area (TPSA) is 127 Å². The van der Waals surface area contributed by atoms with Gasteiger partial charge >= 0.3 is 12.1 Å². The lowest BCUT2D eigenvalue weighted by Crippen LogP contribution is -2.36. The van der Waals surface area contributed by atoms with Gasteiger partial charge in [-0.3, -0.25) is 4.90 Å². The van der Waals surface area contributed by atoms with Crippen molar-refractivity contribution < 1.29 is 28.6 Å². The van der Waals surface area contributed by atoms with Crippen LogP contribution in [0.5, 0.6) is 5.88 Å². The number of amides is 1. The maximum atomic E-state index is 14.4. The molecule has 1 saturated heterocycles. The third kappa shape index (κ3) is 5.30. The molecule has 1 amide bonds. The van der Waals surface area contributed by atoms with E-state index >= 15 is 0 Å². The van der Waals surface area contributed by atoms with Crippen molar-refractivity contribution in [3.05, 3.63) is 70.0 Å². The zero-order chi connectivity index (χ0) is 26.0. The van der Waals surface area contributed by atoms with Crippen LogP contribution in [0.15, 0.2) is 36.5 Å². The maximum Gasteiger partial charge on any atom is 0.415 e. The van der Waals surface area contributed by atoms with Gasteiger partial charge in [-0.2, -0.15) is 0 Å². The number of hydrogen-bond acceptors (Lipinski definition) is 8. The second kappa shape index (κ2) is 10.3. The van der Waals surface area contributed by atoms with Gasteiger partial charge in [-0.05, 0) is 55.7 Å². The van der Waals surface area contributed by atoms with Gasteiger partial charge in [0.05, 0.1) is 36.8 Å². The molecule has 188 valence electrons. The molecule has 1 fully saturated rings. The number of nitrogens with one attached hydrogen (secondary N) is 1. The molecule has 0 unspecified atom stereocenters. The van der Waals surface area contributed by atoms with Gasteiger partial charge < -0.3 is 19.9 Å². The number of aromatic nitrogens is 3. The monoisotopic (exact) mass is 515 g/mol. The predicted molar refractivity (Wildman–Crippen MR) is 129 cm³/mol. The molecular formula is C24H23ClFN5O5. The summed E-state index contributed by atoms with van der Waals surface area (Å²) in [4.78, 5) is 38.0. The summed E-state index contributed by atoms with van der Waals surface area (Å²) in [7, 11) is 1.44. The zero-order valence-corrected chi connectivity index (χ0v) is 20.4. The number of rotatable bonds is 8. The number of hydrogen-bond donors (Lipinski definition) is 2. The van der Waals surface area contributed by atoms with Crippen molar-refractivity contribution in [2.24, 2.45) is 0 Å². The Balaban J connectivity index is 1.62. The number of pyridine rings is 3. The van der Waals surface area contributed by atoms with Gasteiger partial charge in [0.15, 0.2) is 5.69 Å². The molecule has 0 radical (unpaired) electrons. The molecule has 12 heteroatoms.